The summed E-state index contributed by atoms with van der Waals surface area (Å²) >= 11 is 10.0. The lowest BCUT2D eigenvalue weighted by atomic mass is 9.99. The smallest absolute Gasteiger partial charge is 0.0453 e. The van der Waals surface area contributed by atoms with Crippen molar-refractivity contribution in [1.82, 2.24) is 4.90 Å². The highest BCUT2D eigenvalue weighted by Crippen LogP contribution is 2.26. The maximum atomic E-state index is 6.28. The van der Waals surface area contributed by atoms with Crippen molar-refractivity contribution < 1.29 is 0 Å². The summed E-state index contributed by atoms with van der Waals surface area (Å²) in [6.45, 7) is 7.67. The molecule has 1 saturated heterocycles. The molecule has 1 heterocycles. The number of halogens is 2. The summed E-state index contributed by atoms with van der Waals surface area (Å²) in [5.41, 5.74) is 2.48. The first kappa shape index (κ1) is 13.4. The minimum absolute atomic E-state index is 0.673. The number of nitrogens with zero attached hydrogens (tertiary/aromatic N) is 1. The summed E-state index contributed by atoms with van der Waals surface area (Å²) in [5.74, 6) is 0.716. The van der Waals surface area contributed by atoms with Gasteiger partial charge in [0.05, 0.1) is 0 Å². The van der Waals surface area contributed by atoms with Crippen molar-refractivity contribution in [3.8, 4) is 0 Å². The van der Waals surface area contributed by atoms with E-state index in [1.165, 1.54) is 17.5 Å². The van der Waals surface area contributed by atoms with Crippen molar-refractivity contribution in [1.29, 1.82) is 0 Å². The maximum absolute atomic E-state index is 6.28. The van der Waals surface area contributed by atoms with Gasteiger partial charge in [0.15, 0.2) is 0 Å². The van der Waals surface area contributed by atoms with Gasteiger partial charge in [0.2, 0.25) is 0 Å². The topological polar surface area (TPSA) is 3.24 Å². The quantitative estimate of drug-likeness (QED) is 0.737. The minimum Gasteiger partial charge on any atom is -0.299 e. The third kappa shape index (κ3) is 3.46. The van der Waals surface area contributed by atoms with Crippen molar-refractivity contribution in [2.75, 3.05) is 13.1 Å². The number of aryl methyl sites for hydroxylation is 1. The van der Waals surface area contributed by atoms with Crippen LogP contribution in [0, 0.1) is 12.8 Å². The number of hydrogen-bond acceptors (Lipinski definition) is 1. The maximum Gasteiger partial charge on any atom is 0.0453 e. The molecule has 2 atom stereocenters. The molecule has 0 amide bonds. The fourth-order valence-corrected chi connectivity index (χ4v) is 3.04. The molecule has 0 aliphatic carbocycles. The Kier molecular flexibility index (Phi) is 4.51. The molecule has 0 spiro atoms. The molecule has 1 aromatic rings. The van der Waals surface area contributed by atoms with Crippen molar-refractivity contribution in [3.63, 3.8) is 0 Å². The van der Waals surface area contributed by atoms with E-state index in [1.807, 2.05) is 0 Å². The Morgan fingerprint density at radius 2 is 2.24 bits per heavy atom. The zero-order chi connectivity index (χ0) is 12.4. The lowest BCUT2D eigenvalue weighted by Gasteiger charge is -2.34. The fraction of sp³-hybridized carbons (Fsp3) is 0.571. The predicted molar refractivity (Wildman–Crippen MR) is 78.0 cm³/mol. The number of benzene rings is 1. The second-order valence-electron chi connectivity index (χ2n) is 5.11. The fourth-order valence-electron chi connectivity index (χ4n) is 2.37. The van der Waals surface area contributed by atoms with E-state index < -0.39 is 0 Å². The molecule has 1 aliphatic rings. The van der Waals surface area contributed by atoms with Gasteiger partial charge in [0.1, 0.15) is 0 Å². The van der Waals surface area contributed by atoms with Crippen LogP contribution in [0.25, 0.3) is 0 Å². The van der Waals surface area contributed by atoms with Crippen molar-refractivity contribution in [2.24, 2.45) is 5.92 Å². The van der Waals surface area contributed by atoms with Gasteiger partial charge in [-0.3, -0.25) is 4.90 Å². The van der Waals surface area contributed by atoms with Crippen LogP contribution in [-0.4, -0.2) is 22.8 Å². The highest BCUT2D eigenvalue weighted by Gasteiger charge is 2.24. The van der Waals surface area contributed by atoms with Gasteiger partial charge in [-0.05, 0) is 43.0 Å². The van der Waals surface area contributed by atoms with Crippen LogP contribution >= 0.6 is 27.5 Å². The second kappa shape index (κ2) is 5.73. The van der Waals surface area contributed by atoms with Gasteiger partial charge < -0.3 is 0 Å². The van der Waals surface area contributed by atoms with E-state index in [-0.39, 0.29) is 0 Å². The number of hydrogen-bond donors (Lipinski definition) is 0. The summed E-state index contributed by atoms with van der Waals surface area (Å²) < 4.78 is 0. The zero-order valence-electron chi connectivity index (χ0n) is 10.4. The summed E-state index contributed by atoms with van der Waals surface area (Å²) in [6, 6.07) is 6.35. The van der Waals surface area contributed by atoms with Crippen molar-refractivity contribution in [3.05, 3.63) is 34.3 Å². The average molecular weight is 317 g/mol. The van der Waals surface area contributed by atoms with Crippen LogP contribution in [0.2, 0.25) is 5.02 Å². The molecular formula is C14H19BrClN. The highest BCUT2D eigenvalue weighted by molar-refractivity contribution is 9.09. The first-order valence-electron chi connectivity index (χ1n) is 6.17. The monoisotopic (exact) mass is 315 g/mol. The van der Waals surface area contributed by atoms with E-state index in [1.54, 1.807) is 0 Å². The van der Waals surface area contributed by atoms with Crippen LogP contribution in [0.1, 0.15) is 24.5 Å². The number of rotatable bonds is 2. The van der Waals surface area contributed by atoms with Crippen molar-refractivity contribution >= 4 is 27.5 Å². The predicted octanol–water partition coefficient (Wildman–Crippen LogP) is 4.25. The molecule has 3 heteroatoms. The average Bonchev–Trinajstić information content (AvgIpc) is 2.27. The van der Waals surface area contributed by atoms with Crippen LogP contribution in [0.4, 0.5) is 0 Å². The summed E-state index contributed by atoms with van der Waals surface area (Å²) in [5, 5.41) is 0.901. The van der Waals surface area contributed by atoms with E-state index in [2.05, 4.69) is 52.9 Å². The molecule has 1 aromatic carbocycles. The molecule has 0 saturated carbocycles. The third-order valence-corrected chi connectivity index (χ3v) is 5.20. The summed E-state index contributed by atoms with van der Waals surface area (Å²) in [7, 11) is 0. The van der Waals surface area contributed by atoms with Gasteiger partial charge in [-0.2, -0.15) is 0 Å². The van der Waals surface area contributed by atoms with Gasteiger partial charge in [-0.25, -0.2) is 0 Å². The van der Waals surface area contributed by atoms with Gasteiger partial charge >= 0.3 is 0 Å². The molecule has 1 fully saturated rings. The minimum atomic E-state index is 0.673. The number of likely N-dealkylation sites (tertiary alicyclic amines) is 1. The SMILES string of the molecule is Cc1ccc(CN2CCC(Br)C(C)C2)c(Cl)c1. The molecule has 2 unspecified atom stereocenters. The molecule has 0 radical (unpaired) electrons. The Hall–Kier alpha value is -0.0500. The Morgan fingerprint density at radius 3 is 2.88 bits per heavy atom. The van der Waals surface area contributed by atoms with Gasteiger partial charge in [0.25, 0.3) is 0 Å². The van der Waals surface area contributed by atoms with Gasteiger partial charge in [-0.1, -0.05) is 46.6 Å². The van der Waals surface area contributed by atoms with Crippen LogP contribution < -0.4 is 0 Å². The van der Waals surface area contributed by atoms with Crippen LogP contribution in [0.5, 0.6) is 0 Å². The second-order valence-corrected chi connectivity index (χ2v) is 6.70. The number of alkyl halides is 1. The van der Waals surface area contributed by atoms with E-state index in [0.29, 0.717) is 10.7 Å². The Balaban J connectivity index is 2.01. The number of piperidine rings is 1. The lowest BCUT2D eigenvalue weighted by Crippen LogP contribution is -2.39. The Morgan fingerprint density at radius 1 is 1.47 bits per heavy atom. The molecule has 1 aliphatic heterocycles. The first-order valence-corrected chi connectivity index (χ1v) is 7.47. The van der Waals surface area contributed by atoms with Crippen LogP contribution in [0.3, 0.4) is 0 Å². The van der Waals surface area contributed by atoms with E-state index in [0.717, 1.165) is 24.7 Å². The summed E-state index contributed by atoms with van der Waals surface area (Å²) in [4.78, 5) is 3.17. The van der Waals surface area contributed by atoms with Gasteiger partial charge in [-0.15, -0.1) is 0 Å². The van der Waals surface area contributed by atoms with Crippen LogP contribution in [-0.2, 0) is 6.54 Å². The molecular weight excluding hydrogens is 298 g/mol. The van der Waals surface area contributed by atoms with Gasteiger partial charge in [0, 0.05) is 22.9 Å². The van der Waals surface area contributed by atoms with E-state index in [9.17, 15) is 0 Å². The molecule has 94 valence electrons. The third-order valence-electron chi connectivity index (χ3n) is 3.49. The van der Waals surface area contributed by atoms with E-state index >= 15 is 0 Å². The largest absolute Gasteiger partial charge is 0.299 e. The molecule has 0 aromatic heterocycles. The molecule has 0 bridgehead atoms. The van der Waals surface area contributed by atoms with E-state index in [4.69, 9.17) is 11.6 Å². The standard InChI is InChI=1S/C14H19BrClN/c1-10-3-4-12(14(16)7-10)9-17-6-5-13(15)11(2)8-17/h3-4,7,11,13H,5-6,8-9H2,1-2H3. The zero-order valence-corrected chi connectivity index (χ0v) is 12.8. The lowest BCUT2D eigenvalue weighted by molar-refractivity contribution is 0.183. The normalized spacial score (nSPS) is 26.1. The summed E-state index contributed by atoms with van der Waals surface area (Å²) in [6.07, 6.45) is 1.23. The molecule has 1 nitrogen and oxygen atoms in total. The molecule has 0 N–H and O–H groups in total. The highest BCUT2D eigenvalue weighted by atomic mass is 79.9. The molecule has 2 rings (SSSR count). The first-order chi connectivity index (χ1) is 8.06. The Labute approximate surface area is 117 Å². The van der Waals surface area contributed by atoms with Crippen molar-refractivity contribution in [2.45, 2.75) is 31.6 Å². The Bertz CT molecular complexity index is 394. The van der Waals surface area contributed by atoms with Crippen LogP contribution in [0.15, 0.2) is 18.2 Å². The molecule has 17 heavy (non-hydrogen) atoms.